The molecule has 1 N–H and O–H groups in total. The summed E-state index contributed by atoms with van der Waals surface area (Å²) >= 11 is 5.49. The van der Waals surface area contributed by atoms with Gasteiger partial charge in [-0.1, -0.05) is 6.07 Å². The van der Waals surface area contributed by atoms with Crippen LogP contribution in [0.3, 0.4) is 0 Å². The summed E-state index contributed by atoms with van der Waals surface area (Å²) in [5, 5.41) is 1.75. The van der Waals surface area contributed by atoms with Crippen LogP contribution in [0.1, 0.15) is 12.5 Å². The van der Waals surface area contributed by atoms with Crippen molar-refractivity contribution in [1.29, 1.82) is 0 Å². The first kappa shape index (κ1) is 11.9. The van der Waals surface area contributed by atoms with E-state index >= 15 is 0 Å². The van der Waals surface area contributed by atoms with Crippen LogP contribution in [0.15, 0.2) is 18.2 Å². The molecule has 0 radical (unpaired) electrons. The number of carbonyl (C=O) groups excluding carboxylic acids is 1. The minimum absolute atomic E-state index is 0.00199. The van der Waals surface area contributed by atoms with Crippen molar-refractivity contribution >= 4 is 17.5 Å². The van der Waals surface area contributed by atoms with Gasteiger partial charge in [-0.05, 0) is 13.0 Å². The summed E-state index contributed by atoms with van der Waals surface area (Å²) in [6.07, 6.45) is 0. The van der Waals surface area contributed by atoms with Gasteiger partial charge in [0.05, 0.1) is 0 Å². The zero-order valence-electron chi connectivity index (χ0n) is 8.06. The van der Waals surface area contributed by atoms with Gasteiger partial charge in [-0.2, -0.15) is 0 Å². The van der Waals surface area contributed by atoms with Crippen LogP contribution in [0.4, 0.5) is 8.78 Å². The Morgan fingerprint density at radius 1 is 1.53 bits per heavy atom. The highest BCUT2D eigenvalue weighted by Gasteiger charge is 2.09. The van der Waals surface area contributed by atoms with Gasteiger partial charge in [-0.3, -0.25) is 4.79 Å². The number of rotatable bonds is 3. The van der Waals surface area contributed by atoms with Gasteiger partial charge < -0.3 is 5.32 Å². The van der Waals surface area contributed by atoms with Gasteiger partial charge in [0.15, 0.2) is 0 Å². The van der Waals surface area contributed by atoms with Crippen LogP contribution >= 0.6 is 11.6 Å². The lowest BCUT2D eigenvalue weighted by Gasteiger charge is -2.07. The zero-order chi connectivity index (χ0) is 11.4. The van der Waals surface area contributed by atoms with E-state index in [-0.39, 0.29) is 18.0 Å². The highest BCUT2D eigenvalue weighted by Crippen LogP contribution is 2.09. The van der Waals surface area contributed by atoms with Crippen molar-refractivity contribution in [2.24, 2.45) is 0 Å². The second-order valence-electron chi connectivity index (χ2n) is 3.07. The topological polar surface area (TPSA) is 29.1 Å². The number of amides is 1. The Morgan fingerprint density at radius 2 is 2.20 bits per heavy atom. The predicted molar refractivity (Wildman–Crippen MR) is 53.5 cm³/mol. The second-order valence-corrected chi connectivity index (χ2v) is 3.72. The Balaban J connectivity index is 2.62. The molecule has 1 aromatic rings. The number of hydrogen-bond acceptors (Lipinski definition) is 1. The van der Waals surface area contributed by atoms with E-state index in [2.05, 4.69) is 5.32 Å². The molecule has 1 aromatic carbocycles. The Labute approximate surface area is 91.2 Å². The quantitative estimate of drug-likeness (QED) is 0.797. The highest BCUT2D eigenvalue weighted by molar-refractivity contribution is 6.30. The maximum absolute atomic E-state index is 13.1. The third kappa shape index (κ3) is 3.47. The molecule has 0 aromatic heterocycles. The Morgan fingerprint density at radius 3 is 2.73 bits per heavy atom. The molecule has 0 aliphatic heterocycles. The van der Waals surface area contributed by atoms with Crippen molar-refractivity contribution in [3.8, 4) is 0 Å². The van der Waals surface area contributed by atoms with Gasteiger partial charge in [0.1, 0.15) is 17.0 Å². The lowest BCUT2D eigenvalue weighted by Crippen LogP contribution is -2.29. The Bertz CT molecular complexity index is 368. The van der Waals surface area contributed by atoms with E-state index in [0.29, 0.717) is 0 Å². The van der Waals surface area contributed by atoms with E-state index in [1.165, 1.54) is 13.0 Å². The van der Waals surface area contributed by atoms with Crippen molar-refractivity contribution in [3.63, 3.8) is 0 Å². The smallest absolute Gasteiger partial charge is 0.238 e. The molecule has 0 bridgehead atoms. The van der Waals surface area contributed by atoms with Gasteiger partial charge >= 0.3 is 0 Å². The molecule has 1 amide bonds. The van der Waals surface area contributed by atoms with Gasteiger partial charge in [-0.25, -0.2) is 8.78 Å². The molecule has 0 aliphatic carbocycles. The van der Waals surface area contributed by atoms with Crippen LogP contribution in [0, 0.1) is 11.6 Å². The SMILES string of the molecule is C[C@H](Cl)C(=O)NCc1ccc(F)cc1F. The minimum atomic E-state index is -0.683. The maximum atomic E-state index is 13.1. The average molecular weight is 234 g/mol. The van der Waals surface area contributed by atoms with Crippen molar-refractivity contribution in [3.05, 3.63) is 35.4 Å². The van der Waals surface area contributed by atoms with Crippen LogP contribution in [0.25, 0.3) is 0 Å². The molecular weight excluding hydrogens is 224 g/mol. The molecule has 0 fully saturated rings. The molecule has 1 atom stereocenters. The number of halogens is 3. The fourth-order valence-corrected chi connectivity index (χ4v) is 1.07. The maximum Gasteiger partial charge on any atom is 0.238 e. The molecule has 82 valence electrons. The summed E-state index contributed by atoms with van der Waals surface area (Å²) in [7, 11) is 0. The summed E-state index contributed by atoms with van der Waals surface area (Å²) < 4.78 is 25.6. The third-order valence-electron chi connectivity index (χ3n) is 1.83. The standard InChI is InChI=1S/C10H10ClF2NO/c1-6(11)10(15)14-5-7-2-3-8(12)4-9(7)13/h2-4,6H,5H2,1H3,(H,14,15)/t6-/m0/s1. The fourth-order valence-electron chi connectivity index (χ4n) is 0.988. The molecule has 5 heteroatoms. The Kier molecular flexibility index (Phi) is 4.03. The molecule has 0 saturated heterocycles. The average Bonchev–Trinajstić information content (AvgIpc) is 2.15. The third-order valence-corrected chi connectivity index (χ3v) is 2.03. The predicted octanol–water partition coefficient (Wildman–Crippen LogP) is 2.21. The molecule has 1 rings (SSSR count). The second kappa shape index (κ2) is 5.07. The van der Waals surface area contributed by atoms with Crippen molar-refractivity contribution < 1.29 is 13.6 Å². The molecule has 0 heterocycles. The Hall–Kier alpha value is -1.16. The molecular formula is C10H10ClF2NO. The number of nitrogens with one attached hydrogen (secondary N) is 1. The highest BCUT2D eigenvalue weighted by atomic mass is 35.5. The van der Waals surface area contributed by atoms with E-state index in [0.717, 1.165) is 12.1 Å². The van der Waals surface area contributed by atoms with E-state index in [1.54, 1.807) is 0 Å². The van der Waals surface area contributed by atoms with E-state index < -0.39 is 17.0 Å². The summed E-state index contributed by atoms with van der Waals surface area (Å²) in [5.41, 5.74) is 0.224. The van der Waals surface area contributed by atoms with Gasteiger partial charge in [0, 0.05) is 18.2 Å². The van der Waals surface area contributed by atoms with Crippen LogP contribution in [-0.2, 0) is 11.3 Å². The number of carbonyl (C=O) groups is 1. The summed E-state index contributed by atoms with van der Waals surface area (Å²) in [6.45, 7) is 1.51. The van der Waals surface area contributed by atoms with E-state index in [1.807, 2.05) is 0 Å². The van der Waals surface area contributed by atoms with Gasteiger partial charge in [0.25, 0.3) is 0 Å². The van der Waals surface area contributed by atoms with Crippen LogP contribution < -0.4 is 5.32 Å². The van der Waals surface area contributed by atoms with E-state index in [4.69, 9.17) is 11.6 Å². The number of benzene rings is 1. The van der Waals surface area contributed by atoms with Crippen molar-refractivity contribution in [1.82, 2.24) is 5.32 Å². The molecule has 0 aliphatic rings. The number of hydrogen-bond donors (Lipinski definition) is 1. The normalized spacial score (nSPS) is 12.3. The largest absolute Gasteiger partial charge is 0.351 e. The van der Waals surface area contributed by atoms with Gasteiger partial charge in [0.2, 0.25) is 5.91 Å². The summed E-state index contributed by atoms with van der Waals surface area (Å²) in [6, 6.07) is 3.18. The zero-order valence-corrected chi connectivity index (χ0v) is 8.81. The molecule has 0 saturated carbocycles. The molecule has 15 heavy (non-hydrogen) atoms. The first-order chi connectivity index (χ1) is 7.00. The first-order valence-corrected chi connectivity index (χ1v) is 4.80. The summed E-state index contributed by atoms with van der Waals surface area (Å²) in [5.74, 6) is -1.72. The van der Waals surface area contributed by atoms with Crippen molar-refractivity contribution in [2.75, 3.05) is 0 Å². The first-order valence-electron chi connectivity index (χ1n) is 4.36. The monoisotopic (exact) mass is 233 g/mol. The minimum Gasteiger partial charge on any atom is -0.351 e. The lowest BCUT2D eigenvalue weighted by atomic mass is 10.2. The molecule has 0 unspecified atom stereocenters. The summed E-state index contributed by atoms with van der Waals surface area (Å²) in [4.78, 5) is 11.1. The number of alkyl halides is 1. The molecule has 0 spiro atoms. The lowest BCUT2D eigenvalue weighted by molar-refractivity contribution is -0.120. The van der Waals surface area contributed by atoms with Crippen LogP contribution in [-0.4, -0.2) is 11.3 Å². The fraction of sp³-hybridized carbons (Fsp3) is 0.300. The van der Waals surface area contributed by atoms with E-state index in [9.17, 15) is 13.6 Å². The molecule has 2 nitrogen and oxygen atoms in total. The van der Waals surface area contributed by atoms with Gasteiger partial charge in [-0.15, -0.1) is 11.6 Å². The van der Waals surface area contributed by atoms with Crippen LogP contribution in [0.5, 0.6) is 0 Å². The van der Waals surface area contributed by atoms with Crippen LogP contribution in [0.2, 0.25) is 0 Å². The van der Waals surface area contributed by atoms with Crippen molar-refractivity contribution in [2.45, 2.75) is 18.8 Å².